The third-order valence-electron chi connectivity index (χ3n) is 6.94. The highest BCUT2D eigenvalue weighted by molar-refractivity contribution is 9.10. The number of methoxy groups -OCH3 is 3. The van der Waals surface area contributed by atoms with E-state index < -0.39 is 17.3 Å². The number of rotatable bonds is 5. The molecule has 0 aromatic heterocycles. The van der Waals surface area contributed by atoms with Gasteiger partial charge in [0.2, 0.25) is 0 Å². The zero-order valence-electron chi connectivity index (χ0n) is 18.5. The molecule has 3 aromatic carbocycles. The second kappa shape index (κ2) is 7.94. The molecule has 1 saturated carbocycles. The van der Waals surface area contributed by atoms with E-state index >= 15 is 0 Å². The fourth-order valence-electron chi connectivity index (χ4n) is 5.43. The Hall–Kier alpha value is -2.74. The number of ether oxygens (including phenoxy) is 4. The van der Waals surface area contributed by atoms with Gasteiger partial charge in [0.1, 0.15) is 23.0 Å². The molecule has 2 aliphatic rings. The molecule has 0 radical (unpaired) electrons. The number of hydrogen-bond acceptors (Lipinski definition) is 6. The maximum Gasteiger partial charge on any atom is 0.176 e. The van der Waals surface area contributed by atoms with Gasteiger partial charge < -0.3 is 29.2 Å². The Morgan fingerprint density at radius 3 is 2.18 bits per heavy atom. The average Bonchev–Trinajstić information content (AvgIpc) is 3.24. The van der Waals surface area contributed by atoms with E-state index in [1.165, 1.54) is 7.11 Å². The normalized spacial score (nSPS) is 27.5. The van der Waals surface area contributed by atoms with Crippen molar-refractivity contribution in [2.45, 2.75) is 29.6 Å². The molecule has 0 amide bonds. The van der Waals surface area contributed by atoms with E-state index in [-0.39, 0.29) is 5.92 Å². The highest BCUT2D eigenvalue weighted by atomic mass is 79.9. The molecule has 6 nitrogen and oxygen atoms in total. The van der Waals surface area contributed by atoms with Gasteiger partial charge in [0, 0.05) is 22.5 Å². The van der Waals surface area contributed by atoms with Crippen molar-refractivity contribution in [3.8, 4) is 23.0 Å². The first-order valence-corrected chi connectivity index (χ1v) is 11.4. The number of hydrogen-bond donors (Lipinski definition) is 2. The monoisotopic (exact) mass is 512 g/mol. The van der Waals surface area contributed by atoms with Gasteiger partial charge in [0.05, 0.1) is 33.0 Å². The van der Waals surface area contributed by atoms with Gasteiger partial charge in [-0.15, -0.1) is 0 Å². The quantitative estimate of drug-likeness (QED) is 0.524. The molecule has 1 unspecified atom stereocenters. The van der Waals surface area contributed by atoms with Gasteiger partial charge in [0.15, 0.2) is 11.2 Å². The van der Waals surface area contributed by atoms with Crippen LogP contribution in [0.1, 0.15) is 29.0 Å². The number of aliphatic hydroxyl groups excluding tert-OH is 1. The summed E-state index contributed by atoms with van der Waals surface area (Å²) in [6.07, 6.45) is -0.796. The van der Waals surface area contributed by atoms with E-state index in [1.54, 1.807) is 26.4 Å². The average molecular weight is 513 g/mol. The molecule has 0 saturated heterocycles. The highest BCUT2D eigenvalue weighted by Gasteiger charge is 2.73. The van der Waals surface area contributed by atoms with Crippen LogP contribution in [0.15, 0.2) is 65.1 Å². The molecule has 2 N–H and O–H groups in total. The Bertz CT molecular complexity index is 1180. The Balaban J connectivity index is 1.80. The molecule has 33 heavy (non-hydrogen) atoms. The van der Waals surface area contributed by atoms with Gasteiger partial charge >= 0.3 is 0 Å². The maximum atomic E-state index is 12.4. The zero-order chi connectivity index (χ0) is 23.4. The number of halogens is 1. The second-order valence-corrected chi connectivity index (χ2v) is 9.31. The van der Waals surface area contributed by atoms with Crippen molar-refractivity contribution in [2.75, 3.05) is 21.3 Å². The Morgan fingerprint density at radius 2 is 1.58 bits per heavy atom. The Labute approximate surface area is 200 Å². The predicted molar refractivity (Wildman–Crippen MR) is 126 cm³/mol. The lowest BCUT2D eigenvalue weighted by molar-refractivity contribution is -0.150. The summed E-state index contributed by atoms with van der Waals surface area (Å²) in [7, 11) is 4.69. The van der Waals surface area contributed by atoms with E-state index in [0.29, 0.717) is 35.0 Å². The molecule has 7 heteroatoms. The van der Waals surface area contributed by atoms with Gasteiger partial charge in [-0.2, -0.15) is 0 Å². The highest BCUT2D eigenvalue weighted by Crippen LogP contribution is 2.68. The molecule has 3 aromatic rings. The van der Waals surface area contributed by atoms with Crippen LogP contribution < -0.4 is 18.9 Å². The molecule has 0 bridgehead atoms. The predicted octanol–water partition coefficient (Wildman–Crippen LogP) is 4.50. The molecule has 1 aliphatic heterocycles. The van der Waals surface area contributed by atoms with Crippen LogP contribution in [0.2, 0.25) is 0 Å². The zero-order valence-corrected chi connectivity index (χ0v) is 20.1. The van der Waals surface area contributed by atoms with E-state index in [4.69, 9.17) is 18.9 Å². The minimum absolute atomic E-state index is 0.304. The smallest absolute Gasteiger partial charge is 0.176 e. The topological polar surface area (TPSA) is 77.4 Å². The Morgan fingerprint density at radius 1 is 0.909 bits per heavy atom. The van der Waals surface area contributed by atoms with Crippen LogP contribution in [0.3, 0.4) is 0 Å². The molecule has 1 fully saturated rings. The van der Waals surface area contributed by atoms with E-state index in [2.05, 4.69) is 15.9 Å². The van der Waals surface area contributed by atoms with Crippen molar-refractivity contribution < 1.29 is 29.2 Å². The van der Waals surface area contributed by atoms with Gasteiger partial charge in [-0.05, 0) is 41.8 Å². The van der Waals surface area contributed by atoms with Crippen molar-refractivity contribution in [2.24, 2.45) is 0 Å². The van der Waals surface area contributed by atoms with Gasteiger partial charge in [-0.25, -0.2) is 0 Å². The first kappa shape index (κ1) is 22.1. The largest absolute Gasteiger partial charge is 0.497 e. The second-order valence-electron chi connectivity index (χ2n) is 8.39. The minimum Gasteiger partial charge on any atom is -0.497 e. The van der Waals surface area contributed by atoms with Crippen LogP contribution in [0.25, 0.3) is 0 Å². The van der Waals surface area contributed by atoms with Crippen molar-refractivity contribution in [3.63, 3.8) is 0 Å². The molecule has 4 atom stereocenters. The van der Waals surface area contributed by atoms with Crippen LogP contribution in [-0.2, 0) is 11.2 Å². The standard InChI is InChI=1S/C26H25BrO6/c1-30-18-10-6-16(7-11-18)26-20(15-4-8-17(27)9-5-15)14-23(28)25(26,29)24-21(32-3)12-19(31-2)13-22(24)33-26/h4-13,20,23,28-29H,14H2,1-3H3/t20-,23?,25+,26-/m0/s1. The molecular formula is C26H25BrO6. The molecular weight excluding hydrogens is 488 g/mol. The lowest BCUT2D eigenvalue weighted by Crippen LogP contribution is -2.52. The lowest BCUT2D eigenvalue weighted by atomic mass is 9.71. The van der Waals surface area contributed by atoms with Crippen molar-refractivity contribution in [1.29, 1.82) is 0 Å². The summed E-state index contributed by atoms with van der Waals surface area (Å²) >= 11 is 3.49. The Kier molecular flexibility index (Phi) is 5.31. The number of benzene rings is 3. The third-order valence-corrected chi connectivity index (χ3v) is 7.47. The van der Waals surface area contributed by atoms with Crippen LogP contribution >= 0.6 is 15.9 Å². The summed E-state index contributed by atoms with van der Waals surface area (Å²) in [6.45, 7) is 0. The summed E-state index contributed by atoms with van der Waals surface area (Å²) < 4.78 is 24.1. The van der Waals surface area contributed by atoms with Crippen LogP contribution in [0.5, 0.6) is 23.0 Å². The van der Waals surface area contributed by atoms with E-state index in [0.717, 1.165) is 15.6 Å². The maximum absolute atomic E-state index is 12.4. The fraction of sp³-hybridized carbons (Fsp3) is 0.308. The summed E-state index contributed by atoms with van der Waals surface area (Å²) in [6, 6.07) is 18.7. The number of aliphatic hydroxyl groups is 2. The van der Waals surface area contributed by atoms with Crippen LogP contribution in [-0.4, -0.2) is 37.6 Å². The SMILES string of the molecule is COc1ccc([C@@]23Oc4cc(OC)cc(OC)c4[C@]2(O)C(O)C[C@H]3c2ccc(Br)cc2)cc1. The molecule has 1 aliphatic carbocycles. The van der Waals surface area contributed by atoms with Gasteiger partial charge in [-0.1, -0.05) is 40.2 Å². The first-order valence-electron chi connectivity index (χ1n) is 10.6. The molecule has 5 rings (SSSR count). The van der Waals surface area contributed by atoms with Crippen molar-refractivity contribution >= 4 is 15.9 Å². The van der Waals surface area contributed by atoms with Gasteiger partial charge in [0.25, 0.3) is 0 Å². The minimum atomic E-state index is -1.76. The summed E-state index contributed by atoms with van der Waals surface area (Å²) in [4.78, 5) is 0. The third kappa shape index (κ3) is 2.99. The molecule has 1 heterocycles. The summed E-state index contributed by atoms with van der Waals surface area (Å²) in [5, 5.41) is 23.8. The summed E-state index contributed by atoms with van der Waals surface area (Å²) in [5.41, 5.74) is -0.954. The summed E-state index contributed by atoms with van der Waals surface area (Å²) in [5.74, 6) is 1.70. The van der Waals surface area contributed by atoms with Crippen molar-refractivity contribution in [3.05, 3.63) is 81.8 Å². The first-order chi connectivity index (χ1) is 15.9. The van der Waals surface area contributed by atoms with E-state index in [1.807, 2.05) is 48.5 Å². The molecule has 172 valence electrons. The van der Waals surface area contributed by atoms with E-state index in [9.17, 15) is 10.2 Å². The van der Waals surface area contributed by atoms with Crippen LogP contribution in [0, 0.1) is 0 Å². The lowest BCUT2D eigenvalue weighted by Gasteiger charge is -2.40. The number of fused-ring (bicyclic) bond motifs is 3. The van der Waals surface area contributed by atoms with Gasteiger partial charge in [-0.3, -0.25) is 0 Å². The van der Waals surface area contributed by atoms with Crippen molar-refractivity contribution in [1.82, 2.24) is 0 Å². The van der Waals surface area contributed by atoms with Crippen LogP contribution in [0.4, 0.5) is 0 Å². The molecule has 0 spiro atoms. The fourth-order valence-corrected chi connectivity index (χ4v) is 5.70.